The minimum Gasteiger partial charge on any atom is -0.503 e. The number of methoxy groups -OCH3 is 1. The molecule has 34 heavy (non-hydrogen) atoms. The first-order valence-electron chi connectivity index (χ1n) is 11.1. The highest BCUT2D eigenvalue weighted by atomic mass is 16.6. The molecule has 1 aromatic heterocycles. The van der Waals surface area contributed by atoms with Crippen LogP contribution in [0.2, 0.25) is 0 Å². The van der Waals surface area contributed by atoms with Gasteiger partial charge >= 0.3 is 5.97 Å². The summed E-state index contributed by atoms with van der Waals surface area (Å²) < 4.78 is 28.5. The molecule has 2 N–H and O–H groups in total. The van der Waals surface area contributed by atoms with Gasteiger partial charge in [-0.25, -0.2) is 9.78 Å². The Morgan fingerprint density at radius 3 is 2.71 bits per heavy atom. The zero-order chi connectivity index (χ0) is 24.5. The summed E-state index contributed by atoms with van der Waals surface area (Å²) in [5, 5.41) is 12.7. The number of hydrogen-bond donors (Lipinski definition) is 2. The highest BCUT2D eigenvalue weighted by Gasteiger charge is 2.37. The molecule has 2 aromatic rings. The third-order valence-electron chi connectivity index (χ3n) is 5.16. The van der Waals surface area contributed by atoms with Crippen LogP contribution in [0.5, 0.6) is 17.2 Å². The Labute approximate surface area is 198 Å². The van der Waals surface area contributed by atoms with Crippen molar-refractivity contribution in [1.82, 2.24) is 10.3 Å². The van der Waals surface area contributed by atoms with Crippen LogP contribution in [0.3, 0.4) is 0 Å². The van der Waals surface area contributed by atoms with Gasteiger partial charge in [-0.05, 0) is 25.5 Å². The summed E-state index contributed by atoms with van der Waals surface area (Å²) in [5.41, 5.74) is -0.283. The second-order valence-corrected chi connectivity index (χ2v) is 7.72. The average Bonchev–Trinajstić information content (AvgIpc) is 2.88. The van der Waals surface area contributed by atoms with Crippen molar-refractivity contribution in [2.75, 3.05) is 26.9 Å². The first-order chi connectivity index (χ1) is 16.4. The number of cyclic esters (lactones) is 1. The van der Waals surface area contributed by atoms with Crippen molar-refractivity contribution in [1.29, 1.82) is 0 Å². The van der Waals surface area contributed by atoms with Gasteiger partial charge in [-0.1, -0.05) is 25.1 Å². The van der Waals surface area contributed by atoms with Crippen LogP contribution < -0.4 is 14.8 Å². The van der Waals surface area contributed by atoms with E-state index in [0.717, 1.165) is 6.42 Å². The first-order valence-corrected chi connectivity index (χ1v) is 11.1. The number of esters is 1. The van der Waals surface area contributed by atoms with Gasteiger partial charge in [0.15, 0.2) is 29.3 Å². The standard InChI is InChI=1S/C24H30N2O8/c1-4-12-32-19-14-31-13-17(26-23(28)20-21(27)18(30-3)10-11-25-20)24(29)33-15(2)22(19)34-16-8-6-5-7-9-16/h5-11,15,17,19,22,27H,4,12-14H2,1-3H3,(H,26,28)/t15-,17-,19-,22-/m0/s1. The van der Waals surface area contributed by atoms with E-state index in [4.69, 9.17) is 23.7 Å². The smallest absolute Gasteiger partial charge is 0.331 e. The lowest BCUT2D eigenvalue weighted by Crippen LogP contribution is -2.48. The lowest BCUT2D eigenvalue weighted by atomic mass is 10.1. The molecule has 0 spiro atoms. The van der Waals surface area contributed by atoms with Gasteiger partial charge in [-0.3, -0.25) is 4.79 Å². The summed E-state index contributed by atoms with van der Waals surface area (Å²) in [5.74, 6) is -1.23. The van der Waals surface area contributed by atoms with E-state index in [0.29, 0.717) is 12.4 Å². The Hall–Kier alpha value is -3.37. The van der Waals surface area contributed by atoms with Crippen LogP contribution in [0.4, 0.5) is 0 Å². The van der Waals surface area contributed by atoms with Crippen LogP contribution in [-0.4, -0.2) is 73.3 Å². The number of rotatable bonds is 8. The maximum Gasteiger partial charge on any atom is 0.331 e. The van der Waals surface area contributed by atoms with E-state index < -0.39 is 42.0 Å². The predicted molar refractivity (Wildman–Crippen MR) is 121 cm³/mol. The summed E-state index contributed by atoms with van der Waals surface area (Å²) in [4.78, 5) is 29.5. The first kappa shape index (κ1) is 25.3. The minimum atomic E-state index is -1.13. The molecular weight excluding hydrogens is 444 g/mol. The normalized spacial score (nSPS) is 23.1. The van der Waals surface area contributed by atoms with Gasteiger partial charge in [0.25, 0.3) is 5.91 Å². The van der Waals surface area contributed by atoms with Crippen molar-refractivity contribution >= 4 is 11.9 Å². The number of ether oxygens (including phenoxy) is 5. The third-order valence-corrected chi connectivity index (χ3v) is 5.16. The number of nitrogens with zero attached hydrogens (tertiary/aromatic N) is 1. The number of carbonyl (C=O) groups excluding carboxylic acids is 2. The highest BCUT2D eigenvalue weighted by molar-refractivity contribution is 5.98. The van der Waals surface area contributed by atoms with Gasteiger partial charge < -0.3 is 34.1 Å². The van der Waals surface area contributed by atoms with Crippen LogP contribution >= 0.6 is 0 Å². The molecule has 0 bridgehead atoms. The lowest BCUT2D eigenvalue weighted by molar-refractivity contribution is -0.158. The number of para-hydroxylation sites is 1. The van der Waals surface area contributed by atoms with E-state index in [1.807, 2.05) is 25.1 Å². The lowest BCUT2D eigenvalue weighted by Gasteiger charge is -2.31. The number of aromatic hydroxyl groups is 1. The molecule has 1 aliphatic heterocycles. The van der Waals surface area contributed by atoms with Crippen molar-refractivity contribution in [3.8, 4) is 17.2 Å². The van der Waals surface area contributed by atoms with Gasteiger partial charge in [0.05, 0.1) is 20.3 Å². The Kier molecular flexibility index (Phi) is 9.06. The number of amides is 1. The Morgan fingerprint density at radius 1 is 1.24 bits per heavy atom. The zero-order valence-corrected chi connectivity index (χ0v) is 19.4. The Morgan fingerprint density at radius 2 is 2.00 bits per heavy atom. The molecule has 10 heteroatoms. The predicted octanol–water partition coefficient (Wildman–Crippen LogP) is 2.10. The molecular formula is C24H30N2O8. The van der Waals surface area contributed by atoms with Gasteiger partial charge in [-0.15, -0.1) is 0 Å². The van der Waals surface area contributed by atoms with Gasteiger partial charge in [-0.2, -0.15) is 0 Å². The Bertz CT molecular complexity index is 955. The average molecular weight is 475 g/mol. The maximum absolute atomic E-state index is 12.9. The molecule has 0 radical (unpaired) electrons. The number of hydrogen-bond acceptors (Lipinski definition) is 9. The molecule has 2 heterocycles. The fourth-order valence-corrected chi connectivity index (χ4v) is 3.43. The number of pyridine rings is 1. The number of benzene rings is 1. The van der Waals surface area contributed by atoms with Crippen LogP contribution in [0, 0.1) is 0 Å². The number of aromatic nitrogens is 1. The van der Waals surface area contributed by atoms with E-state index in [1.165, 1.54) is 19.4 Å². The minimum absolute atomic E-state index is 0.0823. The van der Waals surface area contributed by atoms with E-state index >= 15 is 0 Å². The molecule has 10 nitrogen and oxygen atoms in total. The van der Waals surface area contributed by atoms with Crippen molar-refractivity contribution in [2.45, 2.75) is 44.6 Å². The molecule has 0 unspecified atom stereocenters. The quantitative estimate of drug-likeness (QED) is 0.553. The molecule has 1 saturated heterocycles. The summed E-state index contributed by atoms with van der Waals surface area (Å²) in [7, 11) is 1.35. The van der Waals surface area contributed by atoms with Crippen LogP contribution in [0.15, 0.2) is 42.6 Å². The third kappa shape index (κ3) is 6.36. The summed E-state index contributed by atoms with van der Waals surface area (Å²) >= 11 is 0. The monoisotopic (exact) mass is 474 g/mol. The van der Waals surface area contributed by atoms with E-state index in [2.05, 4.69) is 10.3 Å². The molecule has 0 saturated carbocycles. The molecule has 0 aliphatic carbocycles. The van der Waals surface area contributed by atoms with Gasteiger partial charge in [0, 0.05) is 18.9 Å². The van der Waals surface area contributed by atoms with Crippen LogP contribution in [0.25, 0.3) is 0 Å². The highest BCUT2D eigenvalue weighted by Crippen LogP contribution is 2.27. The number of nitrogens with one attached hydrogen (secondary N) is 1. The molecule has 3 rings (SSSR count). The summed E-state index contributed by atoms with van der Waals surface area (Å²) in [6.07, 6.45) is 0.240. The topological polar surface area (TPSA) is 125 Å². The van der Waals surface area contributed by atoms with E-state index in [1.54, 1.807) is 19.1 Å². The molecule has 1 aliphatic rings. The van der Waals surface area contributed by atoms with Gasteiger partial charge in [0.2, 0.25) is 0 Å². The van der Waals surface area contributed by atoms with E-state index in [9.17, 15) is 14.7 Å². The fraction of sp³-hybridized carbons (Fsp3) is 0.458. The zero-order valence-electron chi connectivity index (χ0n) is 19.4. The maximum atomic E-state index is 12.9. The summed E-state index contributed by atoms with van der Waals surface area (Å²) in [6.45, 7) is 4.12. The molecule has 1 amide bonds. The fourth-order valence-electron chi connectivity index (χ4n) is 3.43. The van der Waals surface area contributed by atoms with Gasteiger partial charge in [0.1, 0.15) is 18.0 Å². The number of carbonyl (C=O) groups is 2. The molecule has 1 fully saturated rings. The molecule has 1 aromatic carbocycles. The van der Waals surface area contributed by atoms with Crippen molar-refractivity contribution in [3.63, 3.8) is 0 Å². The van der Waals surface area contributed by atoms with Crippen LogP contribution in [0.1, 0.15) is 30.8 Å². The SMILES string of the molecule is CCCO[C@H]1COC[C@H](NC(=O)c2nccc(OC)c2O)C(=O)O[C@@H](C)[C@@H]1Oc1ccccc1. The van der Waals surface area contributed by atoms with Crippen molar-refractivity contribution < 1.29 is 38.4 Å². The van der Waals surface area contributed by atoms with E-state index in [-0.39, 0.29) is 24.7 Å². The Balaban J connectivity index is 1.77. The van der Waals surface area contributed by atoms with Crippen molar-refractivity contribution in [3.05, 3.63) is 48.3 Å². The van der Waals surface area contributed by atoms with Crippen LogP contribution in [-0.2, 0) is 19.0 Å². The van der Waals surface area contributed by atoms with Crippen molar-refractivity contribution in [2.24, 2.45) is 0 Å². The second kappa shape index (κ2) is 12.2. The second-order valence-electron chi connectivity index (χ2n) is 7.72. The largest absolute Gasteiger partial charge is 0.503 e. The molecule has 4 atom stereocenters. The molecule has 184 valence electrons. The summed E-state index contributed by atoms with van der Waals surface area (Å²) in [6, 6.07) is 9.43.